The molecule has 186 valence electrons. The predicted molar refractivity (Wildman–Crippen MR) is 125 cm³/mol. The largest absolute Gasteiger partial charge is 0.418 e. The first kappa shape index (κ1) is 23.8. The summed E-state index contributed by atoms with van der Waals surface area (Å²) in [6.07, 6.45) is 2.27. The number of alkyl halides is 3. The van der Waals surface area contributed by atoms with Crippen molar-refractivity contribution >= 4 is 16.9 Å². The van der Waals surface area contributed by atoms with Crippen molar-refractivity contribution in [2.45, 2.75) is 38.4 Å². The molecule has 1 saturated heterocycles. The first-order valence-electron chi connectivity index (χ1n) is 11.5. The molecule has 0 spiro atoms. The van der Waals surface area contributed by atoms with Crippen molar-refractivity contribution < 1.29 is 17.6 Å². The topological polar surface area (TPSA) is 76.8 Å². The summed E-state index contributed by atoms with van der Waals surface area (Å²) in [4.78, 5) is 32.3. The van der Waals surface area contributed by atoms with E-state index in [-0.39, 0.29) is 31.1 Å². The van der Waals surface area contributed by atoms with E-state index in [0.717, 1.165) is 18.2 Å². The second-order valence-corrected chi connectivity index (χ2v) is 8.74. The third kappa shape index (κ3) is 4.40. The van der Waals surface area contributed by atoms with E-state index >= 15 is 0 Å². The molecule has 7 nitrogen and oxygen atoms in total. The van der Waals surface area contributed by atoms with Gasteiger partial charge in [-0.1, -0.05) is 6.07 Å². The van der Waals surface area contributed by atoms with Gasteiger partial charge in [0.1, 0.15) is 11.3 Å². The lowest BCUT2D eigenvalue weighted by molar-refractivity contribution is -0.137. The van der Waals surface area contributed by atoms with Gasteiger partial charge in [0.15, 0.2) is 5.65 Å². The molecule has 0 saturated carbocycles. The van der Waals surface area contributed by atoms with Gasteiger partial charge in [0.2, 0.25) is 0 Å². The summed E-state index contributed by atoms with van der Waals surface area (Å²) in [5, 5.41) is 0. The summed E-state index contributed by atoms with van der Waals surface area (Å²) in [6, 6.07) is 4.69. The molecule has 0 amide bonds. The van der Waals surface area contributed by atoms with Crippen molar-refractivity contribution in [1.82, 2.24) is 24.5 Å². The van der Waals surface area contributed by atoms with Crippen LogP contribution in [-0.4, -0.2) is 37.6 Å². The van der Waals surface area contributed by atoms with Crippen molar-refractivity contribution in [2.75, 3.05) is 18.0 Å². The van der Waals surface area contributed by atoms with E-state index in [0.29, 0.717) is 41.0 Å². The molecule has 0 atom stereocenters. The van der Waals surface area contributed by atoms with Crippen LogP contribution in [0.5, 0.6) is 0 Å². The Bertz CT molecular complexity index is 1480. The predicted octanol–water partition coefficient (Wildman–Crippen LogP) is 4.48. The molecule has 1 aromatic carbocycles. The van der Waals surface area contributed by atoms with Gasteiger partial charge in [-0.25, -0.2) is 9.37 Å². The normalized spacial score (nSPS) is 15.0. The van der Waals surface area contributed by atoms with E-state index in [2.05, 4.69) is 19.9 Å². The zero-order valence-corrected chi connectivity index (χ0v) is 19.3. The van der Waals surface area contributed by atoms with Gasteiger partial charge in [-0.15, -0.1) is 0 Å². The third-order valence-corrected chi connectivity index (χ3v) is 6.58. The number of hydrogen-bond acceptors (Lipinski definition) is 6. The highest BCUT2D eigenvalue weighted by molar-refractivity contribution is 5.71. The molecule has 3 aromatic heterocycles. The van der Waals surface area contributed by atoms with Crippen LogP contribution in [0.3, 0.4) is 0 Å². The number of anilines is 1. The number of benzene rings is 1. The molecular weight excluding hydrogens is 476 g/mol. The fourth-order valence-electron chi connectivity index (χ4n) is 4.77. The van der Waals surface area contributed by atoms with Crippen LogP contribution >= 0.6 is 0 Å². The van der Waals surface area contributed by atoms with Crippen molar-refractivity contribution in [1.29, 1.82) is 0 Å². The van der Waals surface area contributed by atoms with Gasteiger partial charge in [-0.3, -0.25) is 24.3 Å². The number of piperidine rings is 1. The fraction of sp³-hybridized carbons (Fsp3) is 0.320. The molecule has 36 heavy (non-hydrogen) atoms. The van der Waals surface area contributed by atoms with Crippen molar-refractivity contribution in [3.05, 3.63) is 87.7 Å². The van der Waals surface area contributed by atoms with E-state index in [4.69, 9.17) is 0 Å². The van der Waals surface area contributed by atoms with Gasteiger partial charge >= 0.3 is 6.18 Å². The molecule has 0 radical (unpaired) electrons. The Morgan fingerprint density at radius 1 is 1.00 bits per heavy atom. The van der Waals surface area contributed by atoms with Crippen LogP contribution in [0, 0.1) is 12.7 Å². The molecule has 5 rings (SSSR count). The fourth-order valence-corrected chi connectivity index (χ4v) is 4.77. The Morgan fingerprint density at radius 2 is 1.69 bits per heavy atom. The van der Waals surface area contributed by atoms with Crippen LogP contribution in [0.15, 0.2) is 53.8 Å². The van der Waals surface area contributed by atoms with Gasteiger partial charge < -0.3 is 4.90 Å². The van der Waals surface area contributed by atoms with Gasteiger partial charge in [0.25, 0.3) is 5.56 Å². The Labute approximate surface area is 203 Å². The summed E-state index contributed by atoms with van der Waals surface area (Å²) in [5.74, 6) is -1.14. The maximum atomic E-state index is 14.5. The van der Waals surface area contributed by atoms with Gasteiger partial charge in [0, 0.05) is 43.4 Å². The molecule has 1 aliphatic rings. The van der Waals surface area contributed by atoms with Gasteiger partial charge in [-0.2, -0.15) is 13.2 Å². The van der Waals surface area contributed by atoms with Crippen molar-refractivity contribution in [3.63, 3.8) is 0 Å². The standard InChI is InChI=1S/C25H22F4N6O/c1-15-21(32-8-7-30-15)14-35-23-20(31-9-10-33-23)13-17(24(35)36)16-5-11-34(12-6-16)22-18(25(27,28)29)3-2-4-19(22)26/h2-4,7-10,13,16H,5-6,11-12,14H2,1H3. The average molecular weight is 498 g/mol. The summed E-state index contributed by atoms with van der Waals surface area (Å²) in [5.41, 5.74) is 1.07. The number of hydrogen-bond donors (Lipinski definition) is 0. The minimum absolute atomic E-state index is 0.157. The maximum Gasteiger partial charge on any atom is 0.418 e. The molecule has 0 aliphatic carbocycles. The number of nitrogens with zero attached hydrogens (tertiary/aromatic N) is 6. The van der Waals surface area contributed by atoms with Gasteiger partial charge in [-0.05, 0) is 43.9 Å². The first-order chi connectivity index (χ1) is 17.2. The zero-order chi connectivity index (χ0) is 25.4. The Balaban J connectivity index is 1.48. The minimum atomic E-state index is -4.67. The Morgan fingerprint density at radius 3 is 2.42 bits per heavy atom. The first-order valence-corrected chi connectivity index (χ1v) is 11.5. The summed E-state index contributed by atoms with van der Waals surface area (Å²) in [7, 11) is 0. The highest BCUT2D eigenvalue weighted by Gasteiger charge is 2.37. The van der Waals surface area contributed by atoms with E-state index in [1.165, 1.54) is 21.9 Å². The number of aryl methyl sites for hydroxylation is 1. The average Bonchev–Trinajstić information content (AvgIpc) is 2.86. The summed E-state index contributed by atoms with van der Waals surface area (Å²) in [6.45, 7) is 2.31. The van der Waals surface area contributed by atoms with Crippen LogP contribution in [0.25, 0.3) is 11.2 Å². The molecule has 1 aliphatic heterocycles. The summed E-state index contributed by atoms with van der Waals surface area (Å²) >= 11 is 0. The van der Waals surface area contributed by atoms with Gasteiger partial charge in [0.05, 0.1) is 29.2 Å². The number of fused-ring (bicyclic) bond motifs is 1. The second kappa shape index (κ2) is 9.29. The number of rotatable bonds is 4. The lowest BCUT2D eigenvalue weighted by Crippen LogP contribution is -2.37. The molecule has 1 fully saturated rings. The molecule has 0 bridgehead atoms. The van der Waals surface area contributed by atoms with Crippen LogP contribution < -0.4 is 10.5 Å². The summed E-state index contributed by atoms with van der Waals surface area (Å²) < 4.78 is 56.6. The molecule has 4 aromatic rings. The lowest BCUT2D eigenvalue weighted by atomic mass is 9.89. The van der Waals surface area contributed by atoms with Crippen LogP contribution in [0.1, 0.15) is 41.3 Å². The number of para-hydroxylation sites is 1. The van der Waals surface area contributed by atoms with Crippen LogP contribution in [0.4, 0.5) is 23.2 Å². The van der Waals surface area contributed by atoms with E-state index < -0.39 is 23.2 Å². The zero-order valence-electron chi connectivity index (χ0n) is 19.3. The third-order valence-electron chi connectivity index (χ3n) is 6.58. The highest BCUT2D eigenvalue weighted by Crippen LogP contribution is 2.40. The van der Waals surface area contributed by atoms with Crippen LogP contribution in [0.2, 0.25) is 0 Å². The number of pyridine rings is 1. The van der Waals surface area contributed by atoms with Crippen LogP contribution in [-0.2, 0) is 12.7 Å². The smallest absolute Gasteiger partial charge is 0.369 e. The Hall–Kier alpha value is -3.89. The Kier molecular flexibility index (Phi) is 6.15. The lowest BCUT2D eigenvalue weighted by Gasteiger charge is -2.35. The maximum absolute atomic E-state index is 14.5. The quantitative estimate of drug-likeness (QED) is 0.386. The SMILES string of the molecule is Cc1nccnc1Cn1c(=O)c(C2CCN(c3c(F)cccc3C(F)(F)F)CC2)cc2nccnc21. The van der Waals surface area contributed by atoms with E-state index in [9.17, 15) is 22.4 Å². The molecule has 4 heterocycles. The van der Waals surface area contributed by atoms with E-state index in [1.807, 2.05) is 0 Å². The second-order valence-electron chi connectivity index (χ2n) is 8.74. The van der Waals surface area contributed by atoms with E-state index in [1.54, 1.807) is 25.4 Å². The number of aromatic nitrogens is 5. The number of halogens is 4. The molecular formula is C25H22F4N6O. The molecule has 0 N–H and O–H groups in total. The van der Waals surface area contributed by atoms with Crippen molar-refractivity contribution in [3.8, 4) is 0 Å². The minimum Gasteiger partial charge on any atom is -0.369 e. The molecule has 0 unspecified atom stereocenters. The monoisotopic (exact) mass is 498 g/mol. The highest BCUT2D eigenvalue weighted by atomic mass is 19.4. The molecule has 11 heteroatoms. The van der Waals surface area contributed by atoms with Crippen molar-refractivity contribution in [2.24, 2.45) is 0 Å².